The average Bonchev–Trinajstić information content (AvgIpc) is 2.93. The van der Waals surface area contributed by atoms with Crippen LogP contribution in [0.5, 0.6) is 0 Å². The van der Waals surface area contributed by atoms with Crippen molar-refractivity contribution in [1.29, 1.82) is 0 Å². The van der Waals surface area contributed by atoms with E-state index in [1.807, 2.05) is 0 Å². The van der Waals surface area contributed by atoms with E-state index in [2.05, 4.69) is 15.0 Å². The van der Waals surface area contributed by atoms with Crippen molar-refractivity contribution < 1.29 is 24.4 Å². The minimum atomic E-state index is -1.32. The van der Waals surface area contributed by atoms with Gasteiger partial charge in [0.2, 0.25) is 0 Å². The molecule has 20 heavy (non-hydrogen) atoms. The summed E-state index contributed by atoms with van der Waals surface area (Å²) in [7, 11) is 0. The zero-order valence-corrected chi connectivity index (χ0v) is 10.1. The highest BCUT2D eigenvalue weighted by Gasteiger charge is 2.44. The van der Waals surface area contributed by atoms with Gasteiger partial charge in [-0.1, -0.05) is 0 Å². The number of halogens is 1. The first-order chi connectivity index (χ1) is 9.52. The Morgan fingerprint density at radius 2 is 2.10 bits per heavy atom. The maximum absolute atomic E-state index is 13.2. The van der Waals surface area contributed by atoms with Crippen LogP contribution >= 0.6 is 0 Å². The molecule has 1 aliphatic heterocycles. The third-order valence-electron chi connectivity index (χ3n) is 3.21. The third kappa shape index (κ3) is 1.81. The number of aliphatic hydroxyl groups excluding tert-OH is 3. The molecule has 0 aromatic carbocycles. The Balaban J connectivity index is 2.07. The van der Waals surface area contributed by atoms with Gasteiger partial charge in [0, 0.05) is 0 Å². The summed E-state index contributed by atoms with van der Waals surface area (Å²) >= 11 is 0. The summed E-state index contributed by atoms with van der Waals surface area (Å²) in [4.78, 5) is 10.8. The van der Waals surface area contributed by atoms with Gasteiger partial charge in [-0.05, 0) is 0 Å². The van der Waals surface area contributed by atoms with Gasteiger partial charge < -0.3 is 25.8 Å². The third-order valence-corrected chi connectivity index (χ3v) is 3.21. The first kappa shape index (κ1) is 13.1. The molecule has 10 heteroatoms. The lowest BCUT2D eigenvalue weighted by molar-refractivity contribution is -0.0511. The molecule has 9 nitrogen and oxygen atoms in total. The molecule has 1 saturated heterocycles. The largest absolute Gasteiger partial charge is 0.394 e. The Labute approximate surface area is 111 Å². The fraction of sp³-hybridized carbons (Fsp3) is 0.500. The molecule has 0 amide bonds. The number of aliphatic hydroxyl groups is 3. The van der Waals surface area contributed by atoms with Gasteiger partial charge in [-0.2, -0.15) is 14.4 Å². The van der Waals surface area contributed by atoms with Crippen molar-refractivity contribution in [1.82, 2.24) is 19.5 Å². The summed E-state index contributed by atoms with van der Waals surface area (Å²) in [5.74, 6) is -0.141. The second-order valence-electron chi connectivity index (χ2n) is 4.43. The number of hydrogen-bond donors (Lipinski definition) is 4. The number of imidazole rings is 1. The van der Waals surface area contributed by atoms with Gasteiger partial charge in [0.1, 0.15) is 18.3 Å². The molecule has 3 rings (SSSR count). The van der Waals surface area contributed by atoms with E-state index in [9.17, 15) is 14.6 Å². The SMILES string of the molecule is Nc1nc(F)nc2c1ncn2[13C@@H]1O[13C@H]([13CH2]O)[13C@@H](O)[13C@@H]1O. The molecule has 2 aromatic rings. The molecule has 0 radical (unpaired) electrons. The molecule has 0 aliphatic carbocycles. The molecule has 5 N–H and O–H groups in total. The van der Waals surface area contributed by atoms with Crippen LogP contribution in [-0.2, 0) is 4.74 Å². The van der Waals surface area contributed by atoms with E-state index in [0.717, 1.165) is 0 Å². The number of hydrogen-bond acceptors (Lipinski definition) is 8. The highest BCUT2D eigenvalue weighted by atomic mass is 19.1. The van der Waals surface area contributed by atoms with E-state index >= 15 is 0 Å². The van der Waals surface area contributed by atoms with Gasteiger partial charge in [-0.3, -0.25) is 4.57 Å². The number of rotatable bonds is 2. The molecule has 1 aliphatic rings. The average molecular weight is 290 g/mol. The summed E-state index contributed by atoms with van der Waals surface area (Å²) in [5, 5.41) is 28.7. The number of fused-ring (bicyclic) bond motifs is 1. The van der Waals surface area contributed by atoms with Crippen LogP contribution in [0.4, 0.5) is 10.2 Å². The minimum absolute atomic E-state index is 0.0323. The quantitative estimate of drug-likeness (QED) is 0.373. The van der Waals surface area contributed by atoms with Crippen molar-refractivity contribution in [3.8, 4) is 0 Å². The van der Waals surface area contributed by atoms with E-state index in [4.69, 9.17) is 15.6 Å². The van der Waals surface area contributed by atoms with E-state index < -0.39 is 37.2 Å². The molecule has 0 saturated carbocycles. The second kappa shape index (κ2) is 4.59. The van der Waals surface area contributed by atoms with Crippen LogP contribution in [-0.4, -0.2) is 59.8 Å². The lowest BCUT2D eigenvalue weighted by atomic mass is 10.5. The standard InChI is InChI=1S/C10H12FN5O4/c11-10-14-7(12)4-8(15-10)16(2-13-4)9-6(19)5(18)3(1-17)20-9/h2-3,5-6,9,17-19H,1H2,(H2,12,14,15)/t3-,5-,6+,9-/m1/s1/i1+1,3+1,5+1,6+1,9+1. The number of anilines is 1. The molecule has 0 bridgehead atoms. The first-order valence-corrected chi connectivity index (χ1v) is 5.81. The van der Waals surface area contributed by atoms with Crippen LogP contribution < -0.4 is 5.73 Å². The summed E-state index contributed by atoms with van der Waals surface area (Å²) < 4.78 is 19.8. The van der Waals surface area contributed by atoms with Crippen LogP contribution in [0.1, 0.15) is 6.23 Å². The second-order valence-corrected chi connectivity index (χ2v) is 4.43. The molecule has 3 heterocycles. The van der Waals surface area contributed by atoms with Gasteiger partial charge in [-0.15, -0.1) is 0 Å². The zero-order chi connectivity index (χ0) is 14.4. The van der Waals surface area contributed by atoms with Gasteiger partial charge in [0.15, 0.2) is 23.2 Å². The number of ether oxygens (including phenoxy) is 1. The highest BCUT2D eigenvalue weighted by Crippen LogP contribution is 2.31. The van der Waals surface area contributed by atoms with Crippen molar-refractivity contribution in [2.75, 3.05) is 12.3 Å². The van der Waals surface area contributed by atoms with Crippen LogP contribution in [0.15, 0.2) is 6.33 Å². The normalized spacial score (nSPS) is 30.2. The van der Waals surface area contributed by atoms with Crippen molar-refractivity contribution >= 4 is 17.0 Å². The number of aromatic nitrogens is 4. The summed E-state index contributed by atoms with van der Waals surface area (Å²) in [5.41, 5.74) is 5.71. The van der Waals surface area contributed by atoms with Crippen molar-refractivity contribution in [2.45, 2.75) is 24.5 Å². The Bertz CT molecular complexity index is 650. The zero-order valence-electron chi connectivity index (χ0n) is 10.1. The van der Waals surface area contributed by atoms with Crippen LogP contribution in [0, 0.1) is 6.08 Å². The molecule has 0 spiro atoms. The predicted octanol–water partition coefficient (Wildman–Crippen LogP) is -1.84. The molecule has 0 unspecified atom stereocenters. The van der Waals surface area contributed by atoms with Crippen molar-refractivity contribution in [3.63, 3.8) is 0 Å². The Morgan fingerprint density at radius 1 is 1.35 bits per heavy atom. The summed E-state index contributed by atoms with van der Waals surface area (Å²) in [6.07, 6.45) is -4.38. The van der Waals surface area contributed by atoms with E-state index in [0.29, 0.717) is 0 Å². The predicted molar refractivity (Wildman–Crippen MR) is 62.7 cm³/mol. The number of nitrogen functional groups attached to an aromatic ring is 1. The minimum Gasteiger partial charge on any atom is -0.394 e. The van der Waals surface area contributed by atoms with E-state index in [1.165, 1.54) is 10.9 Å². The molecule has 108 valence electrons. The number of nitrogens with two attached hydrogens (primary N) is 1. The smallest absolute Gasteiger partial charge is 0.312 e. The topological polar surface area (TPSA) is 140 Å². The van der Waals surface area contributed by atoms with E-state index in [1.54, 1.807) is 0 Å². The highest BCUT2D eigenvalue weighted by molar-refractivity contribution is 5.81. The fourth-order valence-electron chi connectivity index (χ4n) is 2.21. The lowest BCUT2D eigenvalue weighted by Gasteiger charge is -2.16. The molecule has 2 aromatic heterocycles. The Morgan fingerprint density at radius 3 is 2.75 bits per heavy atom. The van der Waals surface area contributed by atoms with Gasteiger partial charge in [0.25, 0.3) is 0 Å². The monoisotopic (exact) mass is 290 g/mol. The van der Waals surface area contributed by atoms with Gasteiger partial charge in [0.05, 0.1) is 12.9 Å². The molecular weight excluding hydrogens is 278 g/mol. The first-order valence-electron chi connectivity index (χ1n) is 5.81. The molecule has 1 fully saturated rings. The van der Waals surface area contributed by atoms with E-state index in [-0.39, 0.29) is 17.0 Å². The van der Waals surface area contributed by atoms with Crippen molar-refractivity contribution in [2.24, 2.45) is 0 Å². The van der Waals surface area contributed by atoms with Gasteiger partial charge in [-0.25, -0.2) is 4.98 Å². The lowest BCUT2D eigenvalue weighted by Crippen LogP contribution is -2.33. The molecule has 4 atom stereocenters. The maximum Gasteiger partial charge on any atom is 0.312 e. The maximum atomic E-state index is 13.2. The summed E-state index contributed by atoms with van der Waals surface area (Å²) in [6, 6.07) is 0. The van der Waals surface area contributed by atoms with Crippen molar-refractivity contribution in [3.05, 3.63) is 12.4 Å². The van der Waals surface area contributed by atoms with Crippen LogP contribution in [0.2, 0.25) is 0 Å². The Hall–Kier alpha value is -1.88. The van der Waals surface area contributed by atoms with Gasteiger partial charge >= 0.3 is 6.08 Å². The molecular formula is C10H12FN5O4. The number of nitrogens with zero attached hydrogens (tertiary/aromatic N) is 4. The summed E-state index contributed by atoms with van der Waals surface area (Å²) in [6.45, 7) is -0.465. The fourth-order valence-corrected chi connectivity index (χ4v) is 2.21. The Kier molecular flexibility index (Phi) is 3.01. The van der Waals surface area contributed by atoms with Crippen LogP contribution in [0.3, 0.4) is 0 Å². The van der Waals surface area contributed by atoms with Crippen LogP contribution in [0.25, 0.3) is 11.2 Å².